The molecule has 1 aliphatic carbocycles. The van der Waals surface area contributed by atoms with E-state index in [1.165, 1.54) is 4.90 Å². The van der Waals surface area contributed by atoms with Gasteiger partial charge in [0.25, 0.3) is 0 Å². The molecule has 0 aromatic carbocycles. The molecular weight excluding hydrogens is 396 g/mol. The van der Waals surface area contributed by atoms with Gasteiger partial charge in [-0.05, 0) is 31.2 Å². The third-order valence-electron chi connectivity index (χ3n) is 3.99. The van der Waals surface area contributed by atoms with Crippen molar-refractivity contribution in [2.24, 2.45) is 16.8 Å². The summed E-state index contributed by atoms with van der Waals surface area (Å²) in [5, 5.41) is 6.53. The molecule has 0 radical (unpaired) electrons. The Morgan fingerprint density at radius 2 is 2.05 bits per heavy atom. The molecule has 2 N–H and O–H groups in total. The molecule has 1 heterocycles. The van der Waals surface area contributed by atoms with Crippen LogP contribution in [-0.4, -0.2) is 56.3 Å². The number of nitrogens with zero attached hydrogens (tertiary/aromatic N) is 2. The quantitative estimate of drug-likeness (QED) is 0.416. The highest BCUT2D eigenvalue weighted by molar-refractivity contribution is 14.0. The van der Waals surface area contributed by atoms with E-state index in [0.29, 0.717) is 31.6 Å². The van der Waals surface area contributed by atoms with Crippen LogP contribution in [0.3, 0.4) is 0 Å². The third kappa shape index (κ3) is 6.58. The van der Waals surface area contributed by atoms with Gasteiger partial charge in [0.1, 0.15) is 0 Å². The number of rotatable bonds is 4. The number of likely N-dealkylation sites (tertiary alicyclic amines) is 1. The molecule has 2 aliphatic rings. The lowest BCUT2D eigenvalue weighted by atomic mass is 10.1. The Hall–Kier alpha value is -0.250. The predicted molar refractivity (Wildman–Crippen MR) is 88.1 cm³/mol. The van der Waals surface area contributed by atoms with Crippen molar-refractivity contribution in [1.82, 2.24) is 15.5 Å². The first-order valence-corrected chi connectivity index (χ1v) is 7.13. The molecule has 2 fully saturated rings. The summed E-state index contributed by atoms with van der Waals surface area (Å²) in [5.41, 5.74) is 0. The lowest BCUT2D eigenvalue weighted by molar-refractivity contribution is -0.143. The van der Waals surface area contributed by atoms with Gasteiger partial charge in [0.2, 0.25) is 0 Å². The highest BCUT2D eigenvalue weighted by Gasteiger charge is 2.35. The van der Waals surface area contributed by atoms with E-state index in [2.05, 4.69) is 22.5 Å². The van der Waals surface area contributed by atoms with Crippen molar-refractivity contribution in [3.63, 3.8) is 0 Å². The van der Waals surface area contributed by atoms with E-state index in [0.717, 1.165) is 18.8 Å². The molecule has 3 unspecified atom stereocenters. The molecule has 0 spiro atoms. The molecule has 3 atom stereocenters. The van der Waals surface area contributed by atoms with Crippen LogP contribution in [0.1, 0.15) is 19.8 Å². The van der Waals surface area contributed by atoms with Gasteiger partial charge >= 0.3 is 6.18 Å². The minimum atomic E-state index is -4.10. The highest BCUT2D eigenvalue weighted by atomic mass is 127. The Kier molecular flexibility index (Phi) is 7.02. The molecule has 0 bridgehead atoms. The largest absolute Gasteiger partial charge is 0.401 e. The molecule has 2 rings (SSSR count). The van der Waals surface area contributed by atoms with Crippen molar-refractivity contribution in [2.75, 3.05) is 33.2 Å². The fraction of sp³-hybridized carbons (Fsp3) is 0.923. The average molecular weight is 420 g/mol. The van der Waals surface area contributed by atoms with Crippen molar-refractivity contribution >= 4 is 29.9 Å². The smallest absolute Gasteiger partial charge is 0.356 e. The molecule has 0 aromatic heterocycles. The van der Waals surface area contributed by atoms with Gasteiger partial charge < -0.3 is 10.6 Å². The monoisotopic (exact) mass is 420 g/mol. The fourth-order valence-electron chi connectivity index (χ4n) is 2.61. The Morgan fingerprint density at radius 3 is 2.57 bits per heavy atom. The van der Waals surface area contributed by atoms with Crippen LogP contribution >= 0.6 is 24.0 Å². The first-order chi connectivity index (χ1) is 9.37. The second-order valence-corrected chi connectivity index (χ2v) is 5.92. The summed E-state index contributed by atoms with van der Waals surface area (Å²) in [6, 6.07) is 0.492. The maximum absolute atomic E-state index is 12.3. The topological polar surface area (TPSA) is 39.7 Å². The van der Waals surface area contributed by atoms with Crippen LogP contribution in [0.15, 0.2) is 4.99 Å². The van der Waals surface area contributed by atoms with Gasteiger partial charge in [0.15, 0.2) is 5.96 Å². The van der Waals surface area contributed by atoms with Crippen LogP contribution in [0, 0.1) is 11.8 Å². The van der Waals surface area contributed by atoms with Gasteiger partial charge in [0, 0.05) is 26.2 Å². The molecule has 4 nitrogen and oxygen atoms in total. The normalized spacial score (nSPS) is 30.0. The van der Waals surface area contributed by atoms with E-state index in [1.54, 1.807) is 7.05 Å². The maximum Gasteiger partial charge on any atom is 0.401 e. The first-order valence-electron chi connectivity index (χ1n) is 7.13. The SMILES string of the molecule is CN=C(NCC1CCN(CC(F)(F)F)C1)NC1CC1C.I. The maximum atomic E-state index is 12.3. The average Bonchev–Trinajstić information content (AvgIpc) is 2.85. The fourth-order valence-corrected chi connectivity index (χ4v) is 2.61. The minimum absolute atomic E-state index is 0. The van der Waals surface area contributed by atoms with Crippen LogP contribution in [0.2, 0.25) is 0 Å². The van der Waals surface area contributed by atoms with Gasteiger partial charge in [-0.1, -0.05) is 6.92 Å². The second-order valence-electron chi connectivity index (χ2n) is 5.92. The Labute approximate surface area is 141 Å². The number of nitrogens with one attached hydrogen (secondary N) is 2. The van der Waals surface area contributed by atoms with Crippen molar-refractivity contribution in [2.45, 2.75) is 32.0 Å². The van der Waals surface area contributed by atoms with Gasteiger partial charge in [0.05, 0.1) is 6.54 Å². The van der Waals surface area contributed by atoms with Crippen molar-refractivity contribution < 1.29 is 13.2 Å². The number of halogens is 4. The lowest BCUT2D eigenvalue weighted by Crippen LogP contribution is -2.42. The van der Waals surface area contributed by atoms with Gasteiger partial charge in [-0.15, -0.1) is 24.0 Å². The van der Waals surface area contributed by atoms with E-state index < -0.39 is 12.7 Å². The van der Waals surface area contributed by atoms with E-state index in [4.69, 9.17) is 0 Å². The second kappa shape index (κ2) is 7.85. The molecule has 0 amide bonds. The summed E-state index contributed by atoms with van der Waals surface area (Å²) in [5.74, 6) is 1.70. The summed E-state index contributed by atoms with van der Waals surface area (Å²) >= 11 is 0. The molecule has 1 saturated carbocycles. The lowest BCUT2D eigenvalue weighted by Gasteiger charge is -2.18. The number of alkyl halides is 3. The number of hydrogen-bond acceptors (Lipinski definition) is 2. The van der Waals surface area contributed by atoms with Crippen molar-refractivity contribution in [3.05, 3.63) is 0 Å². The van der Waals surface area contributed by atoms with Gasteiger partial charge in [-0.25, -0.2) is 0 Å². The molecule has 124 valence electrons. The Morgan fingerprint density at radius 1 is 1.38 bits per heavy atom. The first kappa shape index (κ1) is 18.8. The zero-order valence-electron chi connectivity index (χ0n) is 12.4. The van der Waals surface area contributed by atoms with Crippen LogP contribution in [0.5, 0.6) is 0 Å². The van der Waals surface area contributed by atoms with E-state index in [1.807, 2.05) is 0 Å². The molecule has 1 aliphatic heterocycles. The van der Waals surface area contributed by atoms with Crippen molar-refractivity contribution in [3.8, 4) is 0 Å². The van der Waals surface area contributed by atoms with E-state index in [9.17, 15) is 13.2 Å². The number of aliphatic imine (C=N–C) groups is 1. The minimum Gasteiger partial charge on any atom is -0.356 e. The predicted octanol–water partition coefficient (Wildman–Crippen LogP) is 2.06. The summed E-state index contributed by atoms with van der Waals surface area (Å²) in [4.78, 5) is 5.62. The van der Waals surface area contributed by atoms with Crippen LogP contribution in [0.4, 0.5) is 13.2 Å². The zero-order valence-corrected chi connectivity index (χ0v) is 14.7. The Balaban J connectivity index is 0.00000220. The summed E-state index contributed by atoms with van der Waals surface area (Å²) in [6.07, 6.45) is -2.13. The van der Waals surface area contributed by atoms with E-state index >= 15 is 0 Å². The summed E-state index contributed by atoms with van der Waals surface area (Å²) in [6.45, 7) is 3.09. The molecule has 1 saturated heterocycles. The van der Waals surface area contributed by atoms with Crippen molar-refractivity contribution in [1.29, 1.82) is 0 Å². The van der Waals surface area contributed by atoms with Gasteiger partial charge in [-0.2, -0.15) is 13.2 Å². The van der Waals surface area contributed by atoms with Crippen LogP contribution in [-0.2, 0) is 0 Å². The zero-order chi connectivity index (χ0) is 14.8. The van der Waals surface area contributed by atoms with E-state index in [-0.39, 0.29) is 29.9 Å². The molecule has 8 heteroatoms. The summed E-state index contributed by atoms with van der Waals surface area (Å²) < 4.78 is 36.9. The third-order valence-corrected chi connectivity index (χ3v) is 3.99. The molecule has 21 heavy (non-hydrogen) atoms. The summed E-state index contributed by atoms with van der Waals surface area (Å²) in [7, 11) is 1.72. The highest BCUT2D eigenvalue weighted by Crippen LogP contribution is 2.28. The van der Waals surface area contributed by atoms with Gasteiger partial charge in [-0.3, -0.25) is 9.89 Å². The molecular formula is C13H24F3IN4. The Bertz CT molecular complexity index is 362. The van der Waals surface area contributed by atoms with Crippen LogP contribution in [0.25, 0.3) is 0 Å². The number of hydrogen-bond donors (Lipinski definition) is 2. The standard InChI is InChI=1S/C13H23F3N4.HI/c1-9-5-11(9)19-12(17-2)18-6-10-3-4-20(7-10)8-13(14,15)16;/h9-11H,3-8H2,1-2H3,(H2,17,18,19);1H. The van der Waals surface area contributed by atoms with Crippen LogP contribution < -0.4 is 10.6 Å². The number of guanidine groups is 1. The molecule has 0 aromatic rings.